The number of carbonyl (C=O) groups excluding carboxylic acids is 2. The molecule has 0 spiro atoms. The summed E-state index contributed by atoms with van der Waals surface area (Å²) < 4.78 is 21.8. The van der Waals surface area contributed by atoms with Crippen molar-refractivity contribution in [3.63, 3.8) is 0 Å². The van der Waals surface area contributed by atoms with Gasteiger partial charge in [-0.15, -0.1) is 0 Å². The number of nitrogens with zero attached hydrogens (tertiary/aromatic N) is 2. The van der Waals surface area contributed by atoms with Crippen molar-refractivity contribution in [2.45, 2.75) is 26.2 Å². The Labute approximate surface area is 183 Å². The summed E-state index contributed by atoms with van der Waals surface area (Å²) in [5, 5.41) is 0. The van der Waals surface area contributed by atoms with Gasteiger partial charge in [0.2, 0.25) is 0 Å². The van der Waals surface area contributed by atoms with E-state index >= 15 is 0 Å². The molecule has 0 radical (unpaired) electrons. The average molecular weight is 433 g/mol. The first-order chi connectivity index (χ1) is 15.1. The highest BCUT2D eigenvalue weighted by Crippen LogP contribution is 2.36. The second kappa shape index (κ2) is 11.2. The summed E-state index contributed by atoms with van der Waals surface area (Å²) in [5.41, 5.74) is 1.48. The largest absolute Gasteiger partial charge is 0.493 e. The van der Waals surface area contributed by atoms with Gasteiger partial charge in [-0.2, -0.15) is 0 Å². The fourth-order valence-electron chi connectivity index (χ4n) is 3.77. The van der Waals surface area contributed by atoms with Crippen LogP contribution in [0.1, 0.15) is 31.7 Å². The summed E-state index contributed by atoms with van der Waals surface area (Å²) in [6.45, 7) is 5.85. The van der Waals surface area contributed by atoms with E-state index in [0.29, 0.717) is 80.8 Å². The molecule has 1 saturated heterocycles. The van der Waals surface area contributed by atoms with Gasteiger partial charge in [-0.1, -0.05) is 19.4 Å². The van der Waals surface area contributed by atoms with Crippen LogP contribution in [0, 0.1) is 0 Å². The molecular formula is C23H32N2O6. The van der Waals surface area contributed by atoms with E-state index in [4.69, 9.17) is 18.9 Å². The van der Waals surface area contributed by atoms with Crippen molar-refractivity contribution >= 4 is 17.4 Å². The fourth-order valence-corrected chi connectivity index (χ4v) is 3.77. The Morgan fingerprint density at radius 2 is 1.68 bits per heavy atom. The third-order valence-electron chi connectivity index (χ3n) is 5.46. The Morgan fingerprint density at radius 1 is 0.968 bits per heavy atom. The molecule has 8 nitrogen and oxygen atoms in total. The average Bonchev–Trinajstić information content (AvgIpc) is 3.05. The number of ether oxygens (including phenoxy) is 4. The minimum atomic E-state index is -0.285. The van der Waals surface area contributed by atoms with Gasteiger partial charge in [-0.25, -0.2) is 0 Å². The van der Waals surface area contributed by atoms with E-state index in [2.05, 4.69) is 6.92 Å². The van der Waals surface area contributed by atoms with E-state index in [1.165, 1.54) is 4.90 Å². The molecule has 0 aliphatic carbocycles. The number of hydrogen-bond donors (Lipinski definition) is 0. The molecule has 0 atom stereocenters. The summed E-state index contributed by atoms with van der Waals surface area (Å²) in [4.78, 5) is 30.0. The van der Waals surface area contributed by atoms with Gasteiger partial charge in [0.05, 0.1) is 33.0 Å². The van der Waals surface area contributed by atoms with Crippen LogP contribution in [0.25, 0.3) is 5.57 Å². The monoisotopic (exact) mass is 432 g/mol. The molecule has 31 heavy (non-hydrogen) atoms. The lowest BCUT2D eigenvalue weighted by Crippen LogP contribution is -2.40. The highest BCUT2D eigenvalue weighted by atomic mass is 16.5. The van der Waals surface area contributed by atoms with Crippen LogP contribution >= 0.6 is 0 Å². The van der Waals surface area contributed by atoms with Crippen LogP contribution in [-0.4, -0.2) is 81.9 Å². The van der Waals surface area contributed by atoms with Gasteiger partial charge in [-0.3, -0.25) is 14.5 Å². The first-order valence-corrected chi connectivity index (χ1v) is 10.9. The molecule has 0 saturated carbocycles. The second-order valence-corrected chi connectivity index (χ2v) is 7.47. The number of hydrogen-bond acceptors (Lipinski definition) is 7. The van der Waals surface area contributed by atoms with E-state index in [-0.39, 0.29) is 11.8 Å². The smallest absolute Gasteiger partial charge is 0.277 e. The number of rotatable bonds is 11. The predicted molar refractivity (Wildman–Crippen MR) is 116 cm³/mol. The number of carbonyl (C=O) groups is 2. The molecule has 0 bridgehead atoms. The topological polar surface area (TPSA) is 77.5 Å². The zero-order valence-corrected chi connectivity index (χ0v) is 18.6. The minimum Gasteiger partial charge on any atom is -0.493 e. The minimum absolute atomic E-state index is 0.259. The van der Waals surface area contributed by atoms with Gasteiger partial charge < -0.3 is 23.8 Å². The van der Waals surface area contributed by atoms with Crippen LogP contribution in [0.3, 0.4) is 0 Å². The Balaban J connectivity index is 1.86. The summed E-state index contributed by atoms with van der Waals surface area (Å²) in [6, 6.07) is 5.29. The number of imide groups is 1. The van der Waals surface area contributed by atoms with E-state index in [1.807, 2.05) is 4.90 Å². The number of benzene rings is 1. The molecule has 0 N–H and O–H groups in total. The van der Waals surface area contributed by atoms with Crippen molar-refractivity contribution in [2.24, 2.45) is 0 Å². The van der Waals surface area contributed by atoms with E-state index in [0.717, 1.165) is 12.8 Å². The van der Waals surface area contributed by atoms with Crippen LogP contribution in [0.2, 0.25) is 0 Å². The van der Waals surface area contributed by atoms with Crippen molar-refractivity contribution in [3.8, 4) is 11.5 Å². The zero-order valence-electron chi connectivity index (χ0n) is 18.6. The van der Waals surface area contributed by atoms with E-state index in [9.17, 15) is 9.59 Å². The molecule has 2 amide bonds. The Hall–Kier alpha value is -2.58. The number of unbranched alkanes of at least 4 members (excludes halogenated alkanes) is 1. The van der Waals surface area contributed by atoms with Crippen molar-refractivity contribution in [3.05, 3.63) is 29.5 Å². The second-order valence-electron chi connectivity index (χ2n) is 7.47. The maximum atomic E-state index is 13.4. The highest BCUT2D eigenvalue weighted by Gasteiger charge is 2.41. The van der Waals surface area contributed by atoms with Gasteiger partial charge in [0.1, 0.15) is 5.70 Å². The number of methoxy groups -OCH3 is 2. The number of amides is 2. The maximum absolute atomic E-state index is 13.4. The van der Waals surface area contributed by atoms with E-state index in [1.54, 1.807) is 32.4 Å². The molecule has 1 aromatic rings. The van der Waals surface area contributed by atoms with Crippen molar-refractivity contribution in [1.29, 1.82) is 0 Å². The molecule has 170 valence electrons. The van der Waals surface area contributed by atoms with Crippen molar-refractivity contribution in [1.82, 2.24) is 9.80 Å². The summed E-state index contributed by atoms with van der Waals surface area (Å²) >= 11 is 0. The first kappa shape index (κ1) is 23.1. The predicted octanol–water partition coefficient (Wildman–Crippen LogP) is 2.32. The highest BCUT2D eigenvalue weighted by molar-refractivity contribution is 6.35. The molecule has 0 aromatic heterocycles. The van der Waals surface area contributed by atoms with Crippen molar-refractivity contribution in [2.75, 3.05) is 60.3 Å². The summed E-state index contributed by atoms with van der Waals surface area (Å²) in [5.74, 6) is 0.534. The third kappa shape index (κ3) is 5.19. The molecular weight excluding hydrogens is 400 g/mol. The van der Waals surface area contributed by atoms with Crippen molar-refractivity contribution < 1.29 is 28.5 Å². The summed E-state index contributed by atoms with van der Waals surface area (Å²) in [7, 11) is 3.11. The molecule has 2 heterocycles. The Morgan fingerprint density at radius 3 is 2.35 bits per heavy atom. The van der Waals surface area contributed by atoms with Gasteiger partial charge in [0, 0.05) is 32.8 Å². The number of morpholine rings is 1. The molecule has 2 aliphatic heterocycles. The molecule has 1 aromatic carbocycles. The Bertz CT molecular complexity index is 816. The lowest BCUT2D eigenvalue weighted by molar-refractivity contribution is -0.138. The van der Waals surface area contributed by atoms with Crippen LogP contribution < -0.4 is 9.47 Å². The van der Waals surface area contributed by atoms with Crippen LogP contribution in [0.15, 0.2) is 23.9 Å². The quantitative estimate of drug-likeness (QED) is 0.392. The molecule has 0 unspecified atom stereocenters. The van der Waals surface area contributed by atoms with Crippen LogP contribution in [0.5, 0.6) is 11.5 Å². The van der Waals surface area contributed by atoms with Gasteiger partial charge in [-0.05, 0) is 30.5 Å². The van der Waals surface area contributed by atoms with Crippen LogP contribution in [0.4, 0.5) is 0 Å². The van der Waals surface area contributed by atoms with Gasteiger partial charge >= 0.3 is 0 Å². The fraction of sp³-hybridized carbons (Fsp3) is 0.565. The molecule has 1 fully saturated rings. The van der Waals surface area contributed by atoms with E-state index < -0.39 is 0 Å². The molecule has 8 heteroatoms. The summed E-state index contributed by atoms with van der Waals surface area (Å²) in [6.07, 6.45) is 2.69. The molecule has 3 rings (SSSR count). The van der Waals surface area contributed by atoms with Crippen LogP contribution in [-0.2, 0) is 19.1 Å². The molecule has 2 aliphatic rings. The Kier molecular flexibility index (Phi) is 8.31. The normalized spacial score (nSPS) is 17.0. The standard InChI is InChI=1S/C23H32N2O6/c1-4-5-12-30-13-6-9-25-22(26)20(17-7-8-18(28-2)19(16-17)29-3)21(23(25)27)24-10-14-31-15-11-24/h7-8,16H,4-6,9-15H2,1-3H3. The lowest BCUT2D eigenvalue weighted by Gasteiger charge is -2.29. The lowest BCUT2D eigenvalue weighted by atomic mass is 10.0. The SMILES string of the molecule is CCCCOCCCN1C(=O)C(c2ccc(OC)c(OC)c2)=C(N2CCOCC2)C1=O. The van der Waals surface area contributed by atoms with Gasteiger partial charge in [0.25, 0.3) is 11.8 Å². The van der Waals surface area contributed by atoms with Gasteiger partial charge in [0.15, 0.2) is 11.5 Å². The first-order valence-electron chi connectivity index (χ1n) is 10.9. The maximum Gasteiger partial charge on any atom is 0.277 e. The third-order valence-corrected chi connectivity index (χ3v) is 5.46. The zero-order chi connectivity index (χ0) is 22.2.